The van der Waals surface area contributed by atoms with E-state index in [2.05, 4.69) is 27.7 Å². The number of nitrogens with one attached hydrogen (secondary N) is 1. The molecule has 0 saturated carbocycles. The number of unbranched alkanes of at least 4 members (excludes halogenated alkanes) is 1. The molecule has 7 nitrogen and oxygen atoms in total. The van der Waals surface area contributed by atoms with Gasteiger partial charge >= 0.3 is 0 Å². The van der Waals surface area contributed by atoms with Gasteiger partial charge in [0.15, 0.2) is 5.78 Å². The van der Waals surface area contributed by atoms with Crippen molar-refractivity contribution in [2.45, 2.75) is 55.7 Å². The molecule has 1 atom stereocenters. The molecule has 0 fully saturated rings. The summed E-state index contributed by atoms with van der Waals surface area (Å²) in [7, 11) is 0. The average molecular weight is 462 g/mol. The third-order valence-electron chi connectivity index (χ3n) is 3.66. The van der Waals surface area contributed by atoms with Crippen LogP contribution in [0, 0.1) is 0 Å². The number of carbonyl (C=O) groups is 2. The molecule has 0 aliphatic heterocycles. The summed E-state index contributed by atoms with van der Waals surface area (Å²) in [5.74, 6) is 0.555. The number of carbonyl (C=O) groups excluding carboxylic acids is 2. The average Bonchev–Trinajstić information content (AvgIpc) is 3.10. The van der Waals surface area contributed by atoms with E-state index in [9.17, 15) is 9.59 Å². The first-order valence-corrected chi connectivity index (χ1v) is 11.4. The molecule has 1 aromatic carbocycles. The number of thioether (sulfide) groups is 1. The minimum atomic E-state index is -0.582. The highest BCUT2D eigenvalue weighted by Gasteiger charge is 2.21. The molecular formula is C17H21Cl2N5O2S2. The van der Waals surface area contributed by atoms with E-state index in [0.717, 1.165) is 18.6 Å². The van der Waals surface area contributed by atoms with Gasteiger partial charge in [-0.15, -0.1) is 10.2 Å². The first-order valence-electron chi connectivity index (χ1n) is 8.80. The van der Waals surface area contributed by atoms with E-state index in [4.69, 9.17) is 23.2 Å². The zero-order valence-electron chi connectivity index (χ0n) is 15.5. The third-order valence-corrected chi connectivity index (χ3v) is 6.38. The molecule has 152 valence electrons. The van der Waals surface area contributed by atoms with Gasteiger partial charge < -0.3 is 5.32 Å². The molecule has 1 unspecified atom stereocenters. The van der Waals surface area contributed by atoms with Gasteiger partial charge in [0.05, 0.1) is 21.0 Å². The normalized spacial score (nSPS) is 12.0. The Kier molecular flexibility index (Phi) is 9.57. The second-order valence-electron chi connectivity index (χ2n) is 5.82. The summed E-state index contributed by atoms with van der Waals surface area (Å²) >= 11 is 14.6. The number of aromatic nitrogens is 4. The molecule has 0 bridgehead atoms. The predicted molar refractivity (Wildman–Crippen MR) is 113 cm³/mol. The van der Waals surface area contributed by atoms with E-state index in [1.165, 1.54) is 28.3 Å². The fraction of sp³-hybridized carbons (Fsp3) is 0.471. The van der Waals surface area contributed by atoms with Crippen molar-refractivity contribution in [2.75, 3.05) is 5.75 Å². The standard InChI is InChI=1S/C17H21Cl2N5O2S2/c1-3-5-9-27-17(26)20-13(4-2)14(25)10-24-22-16(21-23-24)28-15-11(18)7-6-8-12(15)19/h6-8,13H,3-5,9-10H2,1-2H3,(H,20,26). The Morgan fingerprint density at radius 3 is 2.61 bits per heavy atom. The van der Waals surface area contributed by atoms with Gasteiger partial charge in [-0.25, -0.2) is 0 Å². The van der Waals surface area contributed by atoms with Crippen LogP contribution in [0.5, 0.6) is 0 Å². The van der Waals surface area contributed by atoms with Crippen molar-refractivity contribution in [3.8, 4) is 0 Å². The highest BCUT2D eigenvalue weighted by atomic mass is 35.5. The highest BCUT2D eigenvalue weighted by molar-refractivity contribution is 8.13. The summed E-state index contributed by atoms with van der Waals surface area (Å²) in [6.45, 7) is 3.82. The van der Waals surface area contributed by atoms with Crippen LogP contribution in [0.25, 0.3) is 0 Å². The van der Waals surface area contributed by atoms with Gasteiger partial charge in [-0.3, -0.25) is 9.59 Å². The molecule has 0 radical (unpaired) electrons. The van der Waals surface area contributed by atoms with E-state index >= 15 is 0 Å². The minimum absolute atomic E-state index is 0.0811. The number of ketones is 1. The van der Waals surface area contributed by atoms with Crippen LogP contribution in [-0.4, -0.2) is 43.0 Å². The molecule has 0 aliphatic rings. The molecule has 1 N–H and O–H groups in total. The van der Waals surface area contributed by atoms with Crippen LogP contribution in [0.2, 0.25) is 10.0 Å². The van der Waals surface area contributed by atoms with Crippen molar-refractivity contribution in [1.82, 2.24) is 25.5 Å². The van der Waals surface area contributed by atoms with Gasteiger partial charge in [0, 0.05) is 5.75 Å². The van der Waals surface area contributed by atoms with E-state index in [0.29, 0.717) is 26.5 Å². The molecule has 2 aromatic rings. The quantitative estimate of drug-likeness (QED) is 0.511. The topological polar surface area (TPSA) is 89.8 Å². The second kappa shape index (κ2) is 11.6. The molecule has 1 heterocycles. The Bertz CT molecular complexity index is 798. The Morgan fingerprint density at radius 1 is 1.25 bits per heavy atom. The molecule has 2 rings (SSSR count). The molecule has 11 heteroatoms. The minimum Gasteiger partial charge on any atom is -0.337 e. The van der Waals surface area contributed by atoms with Crippen LogP contribution in [0.4, 0.5) is 4.79 Å². The van der Waals surface area contributed by atoms with Crippen molar-refractivity contribution in [2.24, 2.45) is 0 Å². The number of nitrogens with zero attached hydrogens (tertiary/aromatic N) is 4. The van der Waals surface area contributed by atoms with Crippen LogP contribution >= 0.6 is 46.7 Å². The molecule has 1 amide bonds. The fourth-order valence-electron chi connectivity index (χ4n) is 2.16. The summed E-state index contributed by atoms with van der Waals surface area (Å²) in [5.41, 5.74) is 0. The Labute approximate surface area is 182 Å². The lowest BCUT2D eigenvalue weighted by Crippen LogP contribution is -2.40. The third kappa shape index (κ3) is 6.95. The van der Waals surface area contributed by atoms with Gasteiger partial charge in [0.2, 0.25) is 5.16 Å². The SMILES string of the molecule is CCCCSC(=O)NC(CC)C(=O)Cn1nnc(Sc2c(Cl)cccc2Cl)n1. The first-order chi connectivity index (χ1) is 13.4. The maximum atomic E-state index is 12.5. The number of hydrogen-bond donors (Lipinski definition) is 1. The number of tetrazole rings is 1. The van der Waals surface area contributed by atoms with Gasteiger partial charge in [0.1, 0.15) is 6.54 Å². The largest absolute Gasteiger partial charge is 0.337 e. The number of hydrogen-bond acceptors (Lipinski definition) is 7. The van der Waals surface area contributed by atoms with E-state index < -0.39 is 6.04 Å². The first kappa shape index (κ1) is 23.0. The molecule has 0 aliphatic carbocycles. The van der Waals surface area contributed by atoms with E-state index in [1.54, 1.807) is 18.2 Å². The maximum Gasteiger partial charge on any atom is 0.279 e. The molecule has 1 aromatic heterocycles. The number of amides is 1. The molecule has 0 spiro atoms. The lowest BCUT2D eigenvalue weighted by atomic mass is 10.1. The lowest BCUT2D eigenvalue weighted by molar-refractivity contribution is -0.121. The van der Waals surface area contributed by atoms with Crippen LogP contribution in [-0.2, 0) is 11.3 Å². The number of halogens is 2. The van der Waals surface area contributed by atoms with Gasteiger partial charge in [0.25, 0.3) is 5.24 Å². The monoisotopic (exact) mass is 461 g/mol. The summed E-state index contributed by atoms with van der Waals surface area (Å²) < 4.78 is 0. The zero-order chi connectivity index (χ0) is 20.5. The van der Waals surface area contributed by atoms with Gasteiger partial charge in [-0.2, -0.15) is 4.80 Å². The summed E-state index contributed by atoms with van der Waals surface area (Å²) in [6.07, 6.45) is 2.47. The van der Waals surface area contributed by atoms with Crippen LogP contribution in [0.3, 0.4) is 0 Å². The molecule has 0 saturated heterocycles. The Morgan fingerprint density at radius 2 is 1.96 bits per heavy atom. The Balaban J connectivity index is 1.94. The summed E-state index contributed by atoms with van der Waals surface area (Å²) in [6, 6.07) is 4.60. The van der Waals surface area contributed by atoms with Crippen molar-refractivity contribution >= 4 is 57.7 Å². The van der Waals surface area contributed by atoms with E-state index in [-0.39, 0.29) is 17.6 Å². The number of benzene rings is 1. The number of rotatable bonds is 10. The predicted octanol–water partition coefficient (Wildman–Crippen LogP) is 4.72. The highest BCUT2D eigenvalue weighted by Crippen LogP contribution is 2.36. The maximum absolute atomic E-state index is 12.5. The zero-order valence-corrected chi connectivity index (χ0v) is 18.7. The van der Waals surface area contributed by atoms with Crippen LogP contribution in [0.1, 0.15) is 33.1 Å². The fourth-order valence-corrected chi connectivity index (χ4v) is 4.36. The molecule has 28 heavy (non-hydrogen) atoms. The smallest absolute Gasteiger partial charge is 0.279 e. The lowest BCUT2D eigenvalue weighted by Gasteiger charge is -2.14. The van der Waals surface area contributed by atoms with Crippen molar-refractivity contribution in [3.05, 3.63) is 28.2 Å². The van der Waals surface area contributed by atoms with Crippen LogP contribution < -0.4 is 5.32 Å². The van der Waals surface area contributed by atoms with Crippen molar-refractivity contribution in [1.29, 1.82) is 0 Å². The van der Waals surface area contributed by atoms with Crippen molar-refractivity contribution in [3.63, 3.8) is 0 Å². The van der Waals surface area contributed by atoms with E-state index in [1.807, 2.05) is 6.92 Å². The summed E-state index contributed by atoms with van der Waals surface area (Å²) in [4.78, 5) is 26.2. The van der Waals surface area contributed by atoms with Gasteiger partial charge in [-0.05, 0) is 41.9 Å². The Hall–Kier alpha value is -1.29. The number of Topliss-reactive ketones (excluding diaryl/α,β-unsaturated/α-hetero) is 1. The molecular weight excluding hydrogens is 441 g/mol. The summed E-state index contributed by atoms with van der Waals surface area (Å²) in [5, 5.41) is 15.9. The second-order valence-corrected chi connectivity index (χ2v) is 8.68. The van der Waals surface area contributed by atoms with Crippen LogP contribution in [0.15, 0.2) is 28.3 Å². The van der Waals surface area contributed by atoms with Gasteiger partial charge in [-0.1, -0.05) is 61.3 Å². The van der Waals surface area contributed by atoms with Crippen molar-refractivity contribution < 1.29 is 9.59 Å².